The third-order valence-electron chi connectivity index (χ3n) is 1.30. The summed E-state index contributed by atoms with van der Waals surface area (Å²) in [7, 11) is 0. The molecule has 64 valence electrons. The maximum absolute atomic E-state index is 11.4. The van der Waals surface area contributed by atoms with Crippen molar-refractivity contribution in [1.82, 2.24) is 0 Å². The van der Waals surface area contributed by atoms with Gasteiger partial charge in [0.05, 0.1) is 5.56 Å². The van der Waals surface area contributed by atoms with Crippen molar-refractivity contribution in [2.24, 2.45) is 5.14 Å². The summed E-state index contributed by atoms with van der Waals surface area (Å²) in [5, 5.41) is 5.23. The van der Waals surface area contributed by atoms with Crippen molar-refractivity contribution in [2.45, 2.75) is 4.90 Å². The highest BCUT2D eigenvalue weighted by Crippen LogP contribution is 2.12. The lowest BCUT2D eigenvalue weighted by Crippen LogP contribution is -1.97. The highest BCUT2D eigenvalue weighted by atomic mass is 32.2. The Morgan fingerprint density at radius 2 is 2.00 bits per heavy atom. The predicted octanol–water partition coefficient (Wildman–Crippen LogP) is 1.69. The van der Waals surface area contributed by atoms with E-state index in [9.17, 15) is 9.32 Å². The summed E-state index contributed by atoms with van der Waals surface area (Å²) in [6.45, 7) is 0. The molecule has 0 fully saturated rings. The summed E-state index contributed by atoms with van der Waals surface area (Å²) >= 11 is 1.05. The first-order valence-electron chi connectivity index (χ1n) is 3.07. The molecule has 12 heavy (non-hydrogen) atoms. The zero-order valence-corrected chi connectivity index (χ0v) is 6.81. The molecule has 0 heterocycles. The largest absolute Gasteiger partial charge is 0.379 e. The van der Waals surface area contributed by atoms with Crippen molar-refractivity contribution in [1.29, 1.82) is 0 Å². The van der Waals surface area contributed by atoms with Crippen molar-refractivity contribution < 1.29 is 14.3 Å². The van der Waals surface area contributed by atoms with Crippen molar-refractivity contribution in [2.75, 3.05) is 0 Å². The van der Waals surface area contributed by atoms with Crippen molar-refractivity contribution in [3.63, 3.8) is 0 Å². The fourth-order valence-corrected chi connectivity index (χ4v) is 1.01. The molecule has 0 spiro atoms. The molecule has 0 aromatic heterocycles. The van der Waals surface area contributed by atoms with Crippen molar-refractivity contribution >= 4 is 17.9 Å². The van der Waals surface area contributed by atoms with Gasteiger partial charge in [-0.15, -0.1) is 0 Å². The molecule has 0 radical (unpaired) electrons. The number of carbonyl (C=O) groups is 1. The lowest BCUT2D eigenvalue weighted by molar-refractivity contribution is -0.0788. The van der Waals surface area contributed by atoms with Crippen LogP contribution in [0.3, 0.4) is 0 Å². The molecule has 1 aromatic rings. The van der Waals surface area contributed by atoms with Gasteiger partial charge in [-0.1, -0.05) is 0 Å². The lowest BCUT2D eigenvalue weighted by atomic mass is 10.2. The van der Waals surface area contributed by atoms with Crippen LogP contribution in [0.2, 0.25) is 0 Å². The molecule has 3 nitrogen and oxygen atoms in total. The summed E-state index contributed by atoms with van der Waals surface area (Å²) in [6, 6.07) is 6.10. The van der Waals surface area contributed by atoms with Gasteiger partial charge in [-0.05, 0) is 36.2 Å². The molecule has 0 aliphatic rings. The molecule has 0 aliphatic carbocycles. The maximum Gasteiger partial charge on any atom is 0.379 e. The molecule has 0 bridgehead atoms. The number of nitrogens with two attached hydrogens (primary N) is 1. The van der Waals surface area contributed by atoms with Crippen LogP contribution in [-0.4, -0.2) is 5.97 Å². The molecule has 0 atom stereocenters. The average molecular weight is 187 g/mol. The monoisotopic (exact) mass is 187 g/mol. The van der Waals surface area contributed by atoms with E-state index in [0.717, 1.165) is 16.8 Å². The van der Waals surface area contributed by atoms with Gasteiger partial charge in [0.1, 0.15) is 0 Å². The van der Waals surface area contributed by atoms with E-state index >= 15 is 0 Å². The number of carbonyl (C=O) groups excluding carboxylic acids is 1. The van der Waals surface area contributed by atoms with E-state index in [0.29, 0.717) is 0 Å². The van der Waals surface area contributed by atoms with Crippen LogP contribution in [-0.2, 0) is 4.94 Å². The van der Waals surface area contributed by atoms with E-state index in [4.69, 9.17) is 5.14 Å². The second-order valence-corrected chi connectivity index (χ2v) is 2.71. The van der Waals surface area contributed by atoms with Crippen molar-refractivity contribution in [3.05, 3.63) is 29.8 Å². The first-order valence-corrected chi connectivity index (χ1v) is 3.95. The van der Waals surface area contributed by atoms with Crippen LogP contribution in [0.25, 0.3) is 0 Å². The molecule has 0 unspecified atom stereocenters. The summed E-state index contributed by atoms with van der Waals surface area (Å²) in [5.74, 6) is -0.997. The highest BCUT2D eigenvalue weighted by molar-refractivity contribution is 7.97. The van der Waals surface area contributed by atoms with Gasteiger partial charge in [0, 0.05) is 9.42 Å². The van der Waals surface area contributed by atoms with E-state index in [1.807, 2.05) is 0 Å². The van der Waals surface area contributed by atoms with E-state index in [-0.39, 0.29) is 5.56 Å². The second-order valence-electron chi connectivity index (χ2n) is 2.01. The molecular formula is C7H6FNO2S. The first-order chi connectivity index (χ1) is 5.77. The zero-order valence-electron chi connectivity index (χ0n) is 5.99. The molecule has 1 rings (SSSR count). The molecule has 0 aliphatic heterocycles. The smallest absolute Gasteiger partial charge is 0.274 e. The molecule has 0 amide bonds. The predicted molar refractivity (Wildman–Crippen MR) is 43.0 cm³/mol. The Morgan fingerprint density at radius 3 is 2.42 bits per heavy atom. The number of hydrogen-bond donors (Lipinski definition) is 1. The van der Waals surface area contributed by atoms with E-state index < -0.39 is 5.97 Å². The molecule has 1 aromatic carbocycles. The lowest BCUT2D eigenvalue weighted by Gasteiger charge is -1.96. The average Bonchev–Trinajstić information content (AvgIpc) is 2.17. The number of rotatable bonds is 2. The van der Waals surface area contributed by atoms with E-state index in [1.165, 1.54) is 12.1 Å². The molecule has 0 saturated carbocycles. The van der Waals surface area contributed by atoms with Gasteiger partial charge in [-0.3, -0.25) is 5.14 Å². The van der Waals surface area contributed by atoms with Gasteiger partial charge in [-0.25, -0.2) is 9.74 Å². The van der Waals surface area contributed by atoms with Crippen molar-refractivity contribution in [3.8, 4) is 0 Å². The Hall–Kier alpha value is -1.07. The van der Waals surface area contributed by atoms with Gasteiger partial charge in [0.2, 0.25) is 0 Å². The Morgan fingerprint density at radius 1 is 1.42 bits per heavy atom. The van der Waals surface area contributed by atoms with Gasteiger partial charge in [0.25, 0.3) is 0 Å². The minimum absolute atomic E-state index is 0.162. The Kier molecular flexibility index (Phi) is 3.07. The van der Waals surface area contributed by atoms with Gasteiger partial charge in [-0.2, -0.15) is 0 Å². The SMILES string of the molecule is NSc1ccc(C(=O)OF)cc1. The van der Waals surface area contributed by atoms with E-state index in [2.05, 4.69) is 4.94 Å². The first kappa shape index (κ1) is 9.02. The summed E-state index contributed by atoms with van der Waals surface area (Å²) < 4.78 is 11.4. The molecule has 5 heteroatoms. The second kappa shape index (κ2) is 4.08. The third-order valence-corrected chi connectivity index (χ3v) is 1.84. The summed E-state index contributed by atoms with van der Waals surface area (Å²) in [6.07, 6.45) is 0. The van der Waals surface area contributed by atoms with Crippen LogP contribution < -0.4 is 5.14 Å². The number of hydrogen-bond acceptors (Lipinski definition) is 4. The van der Waals surface area contributed by atoms with Gasteiger partial charge in [0.15, 0.2) is 0 Å². The van der Waals surface area contributed by atoms with Gasteiger partial charge < -0.3 is 0 Å². The maximum atomic E-state index is 11.4. The fourth-order valence-electron chi connectivity index (χ4n) is 0.714. The number of halogens is 1. The Balaban J connectivity index is 2.84. The fraction of sp³-hybridized carbons (Fsp3) is 0. The van der Waals surface area contributed by atoms with Crippen LogP contribution >= 0.6 is 11.9 Å². The minimum atomic E-state index is -0.997. The zero-order chi connectivity index (χ0) is 8.97. The quantitative estimate of drug-likeness (QED) is 0.716. The third kappa shape index (κ3) is 1.96. The standard InChI is InChI=1S/C7H6FNO2S/c8-11-7(10)5-1-3-6(12-9)4-2-5/h1-4H,9H2. The normalized spacial score (nSPS) is 9.50. The molecule has 0 saturated heterocycles. The molecule has 2 N–H and O–H groups in total. The Bertz CT molecular complexity index is 275. The van der Waals surface area contributed by atoms with E-state index in [1.54, 1.807) is 12.1 Å². The van der Waals surface area contributed by atoms with Crippen LogP contribution in [0.4, 0.5) is 4.53 Å². The van der Waals surface area contributed by atoms with Crippen LogP contribution in [0.5, 0.6) is 0 Å². The summed E-state index contributed by atoms with van der Waals surface area (Å²) in [5.41, 5.74) is 0.162. The van der Waals surface area contributed by atoms with Crippen LogP contribution in [0, 0.1) is 0 Å². The van der Waals surface area contributed by atoms with Crippen LogP contribution in [0.15, 0.2) is 29.2 Å². The summed E-state index contributed by atoms with van der Waals surface area (Å²) in [4.78, 5) is 14.4. The minimum Gasteiger partial charge on any atom is -0.274 e. The highest BCUT2D eigenvalue weighted by Gasteiger charge is 2.06. The topological polar surface area (TPSA) is 52.3 Å². The molecular weight excluding hydrogens is 181 g/mol. The van der Waals surface area contributed by atoms with Gasteiger partial charge >= 0.3 is 5.97 Å². The van der Waals surface area contributed by atoms with Crippen LogP contribution in [0.1, 0.15) is 10.4 Å². The Labute approximate surface area is 72.7 Å². The number of benzene rings is 1.